The molecule has 158 valence electrons. The Hall–Kier alpha value is -3.58. The fourth-order valence-electron chi connectivity index (χ4n) is 3.53. The molecule has 1 heterocycles. The lowest BCUT2D eigenvalue weighted by Gasteiger charge is -2.11. The van der Waals surface area contributed by atoms with Crippen LogP contribution in [0.5, 0.6) is 11.5 Å². The number of carboxylic acid groups (broad SMARTS) is 1. The molecule has 0 unspecified atom stereocenters. The maximum Gasteiger partial charge on any atom is 0.303 e. The molecule has 0 bridgehead atoms. The van der Waals surface area contributed by atoms with E-state index in [-0.39, 0.29) is 23.5 Å². The molecule has 0 fully saturated rings. The standard InChI is InChI=1S/C23H18ClFN2O4/c1-31-20-8-6-17(25)22(23(20)30)13-4-2-12(3-5-13)14-10-15-18(7-9-21(28)29)26-27-19(15)11-16(14)24/h2-6,8,10-11,30H,7,9H2,1H3,(H,26,27)(H,28,29). The van der Waals surface area contributed by atoms with Gasteiger partial charge in [0.05, 0.1) is 35.3 Å². The Balaban J connectivity index is 1.73. The molecular formula is C23H18ClFN2O4. The number of H-pyrrole nitrogens is 1. The minimum atomic E-state index is -0.894. The van der Waals surface area contributed by atoms with E-state index in [1.54, 1.807) is 30.3 Å². The van der Waals surface area contributed by atoms with Crippen LogP contribution in [0, 0.1) is 5.82 Å². The van der Waals surface area contributed by atoms with Gasteiger partial charge in [-0.05, 0) is 35.4 Å². The number of methoxy groups -OCH3 is 1. The number of halogens is 2. The van der Waals surface area contributed by atoms with Crippen LogP contribution in [0.25, 0.3) is 33.2 Å². The monoisotopic (exact) mass is 440 g/mol. The van der Waals surface area contributed by atoms with Crippen molar-refractivity contribution in [1.82, 2.24) is 10.2 Å². The van der Waals surface area contributed by atoms with Crippen LogP contribution >= 0.6 is 11.6 Å². The predicted molar refractivity (Wildman–Crippen MR) is 116 cm³/mol. The molecule has 0 saturated carbocycles. The number of nitrogens with one attached hydrogen (secondary N) is 1. The largest absolute Gasteiger partial charge is 0.504 e. The Labute approximate surface area is 181 Å². The van der Waals surface area contributed by atoms with Crippen molar-refractivity contribution < 1.29 is 24.1 Å². The van der Waals surface area contributed by atoms with E-state index in [2.05, 4.69) is 10.2 Å². The van der Waals surface area contributed by atoms with E-state index >= 15 is 0 Å². The summed E-state index contributed by atoms with van der Waals surface area (Å²) in [4.78, 5) is 10.9. The first kappa shape index (κ1) is 20.7. The highest BCUT2D eigenvalue weighted by Gasteiger charge is 2.17. The zero-order valence-electron chi connectivity index (χ0n) is 16.4. The van der Waals surface area contributed by atoms with Crippen LogP contribution < -0.4 is 4.74 Å². The fourth-order valence-corrected chi connectivity index (χ4v) is 3.81. The van der Waals surface area contributed by atoms with Crippen molar-refractivity contribution in [3.05, 3.63) is 65.1 Å². The molecule has 0 aliphatic rings. The normalized spacial score (nSPS) is 11.1. The van der Waals surface area contributed by atoms with Gasteiger partial charge in [0.15, 0.2) is 11.5 Å². The van der Waals surface area contributed by atoms with Crippen LogP contribution in [0.15, 0.2) is 48.5 Å². The van der Waals surface area contributed by atoms with Crippen molar-refractivity contribution in [2.75, 3.05) is 7.11 Å². The van der Waals surface area contributed by atoms with E-state index in [0.29, 0.717) is 28.2 Å². The second-order valence-corrected chi connectivity index (χ2v) is 7.40. The second-order valence-electron chi connectivity index (χ2n) is 6.99. The number of benzene rings is 3. The molecule has 3 aromatic carbocycles. The van der Waals surface area contributed by atoms with Crippen LogP contribution in [-0.2, 0) is 11.2 Å². The van der Waals surface area contributed by atoms with Crippen LogP contribution in [-0.4, -0.2) is 33.5 Å². The summed E-state index contributed by atoms with van der Waals surface area (Å²) in [6.07, 6.45) is 0.270. The van der Waals surface area contributed by atoms with Crippen molar-refractivity contribution in [2.24, 2.45) is 0 Å². The van der Waals surface area contributed by atoms with Crippen molar-refractivity contribution in [2.45, 2.75) is 12.8 Å². The molecule has 8 heteroatoms. The SMILES string of the molecule is COc1ccc(F)c(-c2ccc(-c3cc4c(CCC(=O)O)n[nH]c4cc3Cl)cc2)c1O. The number of phenolic OH excluding ortho intramolecular Hbond substituents is 1. The van der Waals surface area contributed by atoms with Gasteiger partial charge in [0.25, 0.3) is 0 Å². The summed E-state index contributed by atoms with van der Waals surface area (Å²) < 4.78 is 19.4. The smallest absolute Gasteiger partial charge is 0.303 e. The summed E-state index contributed by atoms with van der Waals surface area (Å²) in [6, 6.07) is 13.1. The van der Waals surface area contributed by atoms with Gasteiger partial charge < -0.3 is 14.9 Å². The molecule has 4 aromatic rings. The van der Waals surface area contributed by atoms with E-state index in [4.69, 9.17) is 21.4 Å². The summed E-state index contributed by atoms with van der Waals surface area (Å²) in [6.45, 7) is 0. The average Bonchev–Trinajstić information content (AvgIpc) is 3.14. The molecule has 0 spiro atoms. The van der Waals surface area contributed by atoms with Gasteiger partial charge in [-0.1, -0.05) is 35.9 Å². The Morgan fingerprint density at radius 1 is 1.16 bits per heavy atom. The van der Waals surface area contributed by atoms with Crippen LogP contribution in [0.4, 0.5) is 4.39 Å². The van der Waals surface area contributed by atoms with Crippen LogP contribution in [0.3, 0.4) is 0 Å². The first-order valence-electron chi connectivity index (χ1n) is 9.43. The first-order chi connectivity index (χ1) is 14.9. The van der Waals surface area contributed by atoms with E-state index in [1.807, 2.05) is 6.07 Å². The second kappa shape index (κ2) is 8.28. The maximum atomic E-state index is 14.4. The van der Waals surface area contributed by atoms with Gasteiger partial charge in [0, 0.05) is 17.4 Å². The van der Waals surface area contributed by atoms with Gasteiger partial charge in [-0.25, -0.2) is 4.39 Å². The zero-order chi connectivity index (χ0) is 22.1. The van der Waals surface area contributed by atoms with E-state index in [0.717, 1.165) is 16.5 Å². The molecule has 6 nitrogen and oxygen atoms in total. The van der Waals surface area contributed by atoms with Crippen LogP contribution in [0.2, 0.25) is 5.02 Å². The van der Waals surface area contributed by atoms with E-state index in [9.17, 15) is 14.3 Å². The highest BCUT2D eigenvalue weighted by atomic mass is 35.5. The number of carbonyl (C=O) groups is 1. The molecule has 0 saturated heterocycles. The number of aromatic amines is 1. The molecule has 0 aliphatic heterocycles. The van der Waals surface area contributed by atoms with Crippen molar-refractivity contribution in [3.63, 3.8) is 0 Å². The number of aromatic hydroxyl groups is 1. The lowest BCUT2D eigenvalue weighted by molar-refractivity contribution is -0.136. The Kier molecular flexibility index (Phi) is 5.52. The summed E-state index contributed by atoms with van der Waals surface area (Å²) in [5.41, 5.74) is 3.42. The van der Waals surface area contributed by atoms with Gasteiger partial charge >= 0.3 is 5.97 Å². The van der Waals surface area contributed by atoms with Gasteiger partial charge in [-0.2, -0.15) is 5.10 Å². The fraction of sp³-hybridized carbons (Fsp3) is 0.130. The van der Waals surface area contributed by atoms with Gasteiger partial charge in [0.2, 0.25) is 0 Å². The highest BCUT2D eigenvalue weighted by Crippen LogP contribution is 2.40. The third-order valence-electron chi connectivity index (χ3n) is 5.10. The molecule has 0 amide bonds. The number of carboxylic acids is 1. The van der Waals surface area contributed by atoms with Crippen molar-refractivity contribution in [1.29, 1.82) is 0 Å². The average molecular weight is 441 g/mol. The molecular weight excluding hydrogens is 423 g/mol. The zero-order valence-corrected chi connectivity index (χ0v) is 17.2. The Morgan fingerprint density at radius 2 is 1.87 bits per heavy atom. The summed E-state index contributed by atoms with van der Waals surface area (Å²) >= 11 is 6.46. The Morgan fingerprint density at radius 3 is 2.55 bits per heavy atom. The molecule has 3 N–H and O–H groups in total. The number of fused-ring (bicyclic) bond motifs is 1. The van der Waals surface area contributed by atoms with Gasteiger partial charge in [0.1, 0.15) is 5.82 Å². The molecule has 1 aromatic heterocycles. The quantitative estimate of drug-likeness (QED) is 0.372. The molecule has 31 heavy (non-hydrogen) atoms. The third-order valence-corrected chi connectivity index (χ3v) is 5.41. The van der Waals surface area contributed by atoms with Crippen molar-refractivity contribution >= 4 is 28.5 Å². The number of ether oxygens (including phenoxy) is 1. The van der Waals surface area contributed by atoms with E-state index < -0.39 is 11.8 Å². The van der Waals surface area contributed by atoms with Gasteiger partial charge in [-0.15, -0.1) is 0 Å². The minimum absolute atomic E-state index is 0.0256. The number of aromatic nitrogens is 2. The summed E-state index contributed by atoms with van der Waals surface area (Å²) in [7, 11) is 1.40. The summed E-state index contributed by atoms with van der Waals surface area (Å²) in [5, 5.41) is 27.6. The number of phenols is 1. The third kappa shape index (κ3) is 3.92. The summed E-state index contributed by atoms with van der Waals surface area (Å²) in [5.74, 6) is -1.54. The number of nitrogens with zero attached hydrogens (tertiary/aromatic N) is 1. The van der Waals surface area contributed by atoms with Crippen molar-refractivity contribution in [3.8, 4) is 33.8 Å². The number of aliphatic carboxylic acids is 1. The molecule has 0 atom stereocenters. The lowest BCUT2D eigenvalue weighted by atomic mass is 9.98. The molecule has 4 rings (SSSR count). The number of hydrogen-bond donors (Lipinski definition) is 3. The maximum absolute atomic E-state index is 14.4. The molecule has 0 radical (unpaired) electrons. The van der Waals surface area contributed by atoms with E-state index in [1.165, 1.54) is 19.2 Å². The lowest BCUT2D eigenvalue weighted by Crippen LogP contribution is -1.98. The number of hydrogen-bond acceptors (Lipinski definition) is 4. The minimum Gasteiger partial charge on any atom is -0.504 e. The molecule has 0 aliphatic carbocycles. The predicted octanol–water partition coefficient (Wildman–Crippen LogP) is 5.42. The topological polar surface area (TPSA) is 95.4 Å². The van der Waals surface area contributed by atoms with Gasteiger partial charge in [-0.3, -0.25) is 9.89 Å². The number of aryl methyl sites for hydroxylation is 1. The number of rotatable bonds is 6. The first-order valence-corrected chi connectivity index (χ1v) is 9.81. The van der Waals surface area contributed by atoms with Crippen LogP contribution in [0.1, 0.15) is 12.1 Å². The Bertz CT molecular complexity index is 1290. The highest BCUT2D eigenvalue weighted by molar-refractivity contribution is 6.34.